The molecule has 0 fully saturated rings. The lowest BCUT2D eigenvalue weighted by Crippen LogP contribution is -2.20. The Bertz CT molecular complexity index is 2000. The van der Waals surface area contributed by atoms with E-state index in [1.165, 1.54) is 23.0 Å². The number of ether oxygens (including phenoxy) is 1. The molecule has 0 unspecified atom stereocenters. The first-order valence-corrected chi connectivity index (χ1v) is 13.0. The summed E-state index contributed by atoms with van der Waals surface area (Å²) in [6.45, 7) is 0.0214. The fraction of sp³-hybridized carbons (Fsp3) is 0.0333. The monoisotopic (exact) mass is 584 g/mol. The molecule has 0 atom stereocenters. The van der Waals surface area contributed by atoms with Crippen molar-refractivity contribution in [3.8, 4) is 17.3 Å². The molecule has 6 aromatic rings. The molecule has 0 aliphatic rings. The Morgan fingerprint density at radius 2 is 1.73 bits per heavy atom. The molecule has 4 aromatic carbocycles. The van der Waals surface area contributed by atoms with Gasteiger partial charge in [0, 0.05) is 17.5 Å². The summed E-state index contributed by atoms with van der Waals surface area (Å²) < 4.78 is 12.9. The number of rotatable bonds is 7. The van der Waals surface area contributed by atoms with Gasteiger partial charge in [-0.2, -0.15) is 9.78 Å². The van der Waals surface area contributed by atoms with Crippen LogP contribution in [0.3, 0.4) is 0 Å². The van der Waals surface area contributed by atoms with Gasteiger partial charge in [0.15, 0.2) is 11.5 Å². The van der Waals surface area contributed by atoms with Crippen molar-refractivity contribution in [3.63, 3.8) is 0 Å². The molecule has 2 heterocycles. The minimum atomic E-state index is -0.479. The van der Waals surface area contributed by atoms with E-state index in [1.54, 1.807) is 54.6 Å². The second-order valence-electron chi connectivity index (χ2n) is 8.99. The third-order valence-corrected chi connectivity index (χ3v) is 6.81. The van der Waals surface area contributed by atoms with Crippen LogP contribution in [0.1, 0.15) is 11.1 Å². The van der Waals surface area contributed by atoms with Crippen LogP contribution in [0.2, 0.25) is 10.0 Å². The van der Waals surface area contributed by atoms with E-state index >= 15 is 0 Å². The predicted octanol–water partition coefficient (Wildman–Crippen LogP) is 7.49. The van der Waals surface area contributed by atoms with Gasteiger partial charge in [-0.1, -0.05) is 65.7 Å². The Kier molecular flexibility index (Phi) is 6.96. The van der Waals surface area contributed by atoms with Gasteiger partial charge >= 0.3 is 0 Å². The fourth-order valence-corrected chi connectivity index (χ4v) is 4.93. The molecular formula is C30H18Cl2N4O5. The first-order chi connectivity index (χ1) is 19.9. The molecule has 9 nitrogen and oxygen atoms in total. The maximum atomic E-state index is 13.5. The van der Waals surface area contributed by atoms with Gasteiger partial charge < -0.3 is 9.15 Å². The number of furan rings is 1. The molecule has 2 aromatic heterocycles. The van der Waals surface area contributed by atoms with Crippen molar-refractivity contribution in [2.75, 3.05) is 0 Å². The van der Waals surface area contributed by atoms with Gasteiger partial charge in [-0.25, -0.2) is 4.98 Å². The van der Waals surface area contributed by atoms with E-state index in [-0.39, 0.29) is 39.5 Å². The van der Waals surface area contributed by atoms with E-state index < -0.39 is 4.92 Å². The number of aromatic nitrogens is 2. The topological polar surface area (TPSA) is 113 Å². The molecule has 6 rings (SSSR count). The van der Waals surface area contributed by atoms with E-state index in [2.05, 4.69) is 10.1 Å². The first kappa shape index (κ1) is 26.2. The van der Waals surface area contributed by atoms with Crippen LogP contribution in [0.5, 0.6) is 5.75 Å². The number of nitrogens with zero attached hydrogens (tertiary/aromatic N) is 4. The van der Waals surface area contributed by atoms with Crippen molar-refractivity contribution < 1.29 is 14.1 Å². The van der Waals surface area contributed by atoms with Crippen molar-refractivity contribution in [2.45, 2.75) is 6.61 Å². The number of para-hydroxylation sites is 2. The Morgan fingerprint density at radius 3 is 2.51 bits per heavy atom. The molecular weight excluding hydrogens is 567 g/mol. The number of fused-ring (bicyclic) bond motifs is 2. The first-order valence-electron chi connectivity index (χ1n) is 12.3. The van der Waals surface area contributed by atoms with Gasteiger partial charge in [-0.3, -0.25) is 14.9 Å². The summed E-state index contributed by atoms with van der Waals surface area (Å²) in [7, 11) is 0. The summed E-state index contributed by atoms with van der Waals surface area (Å²) in [6, 6.07) is 25.5. The highest BCUT2D eigenvalue weighted by molar-refractivity contribution is 6.37. The number of halogens is 2. The average Bonchev–Trinajstić information content (AvgIpc) is 3.41. The lowest BCUT2D eigenvalue weighted by Gasteiger charge is -2.11. The summed E-state index contributed by atoms with van der Waals surface area (Å²) in [4.78, 5) is 28.7. The second kappa shape index (κ2) is 10.9. The minimum Gasteiger partial charge on any atom is -0.486 e. The van der Waals surface area contributed by atoms with Gasteiger partial charge in [0.1, 0.15) is 12.2 Å². The Balaban J connectivity index is 1.34. The zero-order valence-electron chi connectivity index (χ0n) is 21.0. The van der Waals surface area contributed by atoms with Crippen LogP contribution < -0.4 is 10.3 Å². The van der Waals surface area contributed by atoms with Crippen molar-refractivity contribution in [1.29, 1.82) is 0 Å². The average molecular weight is 585 g/mol. The van der Waals surface area contributed by atoms with Crippen LogP contribution in [0.15, 0.2) is 105 Å². The van der Waals surface area contributed by atoms with Gasteiger partial charge in [0.2, 0.25) is 5.82 Å². The number of benzene rings is 4. The lowest BCUT2D eigenvalue weighted by molar-refractivity contribution is -0.384. The Labute approximate surface area is 242 Å². The van der Waals surface area contributed by atoms with Crippen LogP contribution in [-0.4, -0.2) is 20.8 Å². The third kappa shape index (κ3) is 5.28. The lowest BCUT2D eigenvalue weighted by atomic mass is 10.2. The van der Waals surface area contributed by atoms with E-state index in [1.807, 2.05) is 24.3 Å². The van der Waals surface area contributed by atoms with Crippen LogP contribution in [0.4, 0.5) is 5.69 Å². The predicted molar refractivity (Wildman–Crippen MR) is 158 cm³/mol. The molecule has 41 heavy (non-hydrogen) atoms. The van der Waals surface area contributed by atoms with Crippen molar-refractivity contribution in [3.05, 3.63) is 133 Å². The number of nitro groups is 1. The molecule has 0 amide bonds. The standard InChI is InChI=1S/C30H18Cl2N4O5/c31-23-13-19(14-24(32)28(23)40-17-18-6-5-8-21(12-18)36(38)39)16-33-35-29(27-15-20-7-1-4-11-26(20)41-27)34-25-10-3-2-9-22(25)30(35)37/h1-16H,17H2. The van der Waals surface area contributed by atoms with E-state index in [9.17, 15) is 14.9 Å². The highest BCUT2D eigenvalue weighted by atomic mass is 35.5. The molecule has 11 heteroatoms. The van der Waals surface area contributed by atoms with Gasteiger partial charge in [0.25, 0.3) is 11.2 Å². The molecule has 0 radical (unpaired) electrons. The normalized spacial score (nSPS) is 11.5. The van der Waals surface area contributed by atoms with Gasteiger partial charge in [-0.15, -0.1) is 0 Å². The van der Waals surface area contributed by atoms with Gasteiger partial charge in [-0.05, 0) is 47.5 Å². The summed E-state index contributed by atoms with van der Waals surface area (Å²) >= 11 is 12.9. The van der Waals surface area contributed by atoms with Crippen LogP contribution in [0.25, 0.3) is 33.5 Å². The van der Waals surface area contributed by atoms with Gasteiger partial charge in [0.05, 0.1) is 32.1 Å². The quantitative estimate of drug-likeness (QED) is 0.109. The summed E-state index contributed by atoms with van der Waals surface area (Å²) in [6.07, 6.45) is 1.44. The number of hydrogen-bond donors (Lipinski definition) is 0. The molecule has 0 aliphatic carbocycles. The summed E-state index contributed by atoms with van der Waals surface area (Å²) in [5, 5.41) is 17.1. The maximum absolute atomic E-state index is 13.5. The molecule has 202 valence electrons. The van der Waals surface area contributed by atoms with Crippen molar-refractivity contribution >= 4 is 57.0 Å². The Morgan fingerprint density at radius 1 is 0.976 bits per heavy atom. The Hall–Kier alpha value is -4.99. The SMILES string of the molecule is O=c1c2ccccc2nc(-c2cc3ccccc3o2)n1N=Cc1cc(Cl)c(OCc2cccc([N+](=O)[O-])c2)c(Cl)c1. The number of hydrogen-bond acceptors (Lipinski definition) is 7. The molecule has 0 aliphatic heterocycles. The summed E-state index contributed by atoms with van der Waals surface area (Å²) in [5.74, 6) is 0.826. The zero-order valence-corrected chi connectivity index (χ0v) is 22.5. The minimum absolute atomic E-state index is 0.0214. The smallest absolute Gasteiger partial charge is 0.282 e. The molecule has 0 N–H and O–H groups in total. The van der Waals surface area contributed by atoms with E-state index in [0.717, 1.165) is 5.39 Å². The van der Waals surface area contributed by atoms with Crippen molar-refractivity contribution in [1.82, 2.24) is 9.66 Å². The summed E-state index contributed by atoms with van der Waals surface area (Å²) in [5.41, 5.74) is 1.82. The second-order valence-corrected chi connectivity index (χ2v) is 9.81. The zero-order chi connectivity index (χ0) is 28.5. The van der Waals surface area contributed by atoms with Crippen LogP contribution >= 0.6 is 23.2 Å². The third-order valence-electron chi connectivity index (χ3n) is 6.25. The van der Waals surface area contributed by atoms with Crippen LogP contribution in [0, 0.1) is 10.1 Å². The van der Waals surface area contributed by atoms with E-state index in [0.29, 0.717) is 33.4 Å². The fourth-order valence-electron chi connectivity index (χ4n) is 4.31. The number of nitro benzene ring substituents is 1. The largest absolute Gasteiger partial charge is 0.486 e. The van der Waals surface area contributed by atoms with Crippen LogP contribution in [-0.2, 0) is 6.61 Å². The number of non-ortho nitro benzene ring substituents is 1. The molecule has 0 saturated heterocycles. The molecule has 0 bridgehead atoms. The highest BCUT2D eigenvalue weighted by Crippen LogP contribution is 2.35. The van der Waals surface area contributed by atoms with Crippen molar-refractivity contribution in [2.24, 2.45) is 5.10 Å². The maximum Gasteiger partial charge on any atom is 0.282 e. The molecule has 0 saturated carbocycles. The highest BCUT2D eigenvalue weighted by Gasteiger charge is 2.17. The van der Waals surface area contributed by atoms with E-state index in [4.69, 9.17) is 32.4 Å². The molecule has 0 spiro atoms.